The number of unbranched alkanes of at least 4 members (excludes halogenated alkanes) is 10. The number of quaternary nitrogens is 1. The zero-order chi connectivity index (χ0) is 16.6. The Balaban J connectivity index is 0. The number of carbonyl (C=O) groups is 1. The quantitative estimate of drug-likeness (QED) is 0.360. The lowest BCUT2D eigenvalue weighted by atomic mass is 9.84. The van der Waals surface area contributed by atoms with Crippen LogP contribution in [0.25, 0.3) is 0 Å². The Kier molecular flexibility index (Phi) is 19.1. The summed E-state index contributed by atoms with van der Waals surface area (Å²) in [7, 11) is 0. The van der Waals surface area contributed by atoms with Crippen molar-refractivity contribution < 1.29 is 9.90 Å². The molecule has 1 unspecified atom stereocenters. The van der Waals surface area contributed by atoms with Gasteiger partial charge in [0.1, 0.15) is 0 Å². The fraction of sp³-hybridized carbons (Fsp3) is 0.950. The number of hydrogen-bond acceptors (Lipinski definition) is 2. The Morgan fingerprint density at radius 1 is 0.739 bits per heavy atom. The molecular weight excluding hydrogens is 286 g/mol. The first kappa shape index (κ1) is 24.7. The lowest BCUT2D eigenvalue weighted by Gasteiger charge is -2.25. The maximum Gasteiger partial charge on any atom is 0.0445 e. The molecule has 0 rings (SSSR count). The molecule has 0 amide bonds. The third-order valence-electron chi connectivity index (χ3n) is 4.94. The van der Waals surface area contributed by atoms with Gasteiger partial charge in [-0.1, -0.05) is 97.8 Å². The molecule has 23 heavy (non-hydrogen) atoms. The highest BCUT2D eigenvalue weighted by molar-refractivity contribution is 5.67. The summed E-state index contributed by atoms with van der Waals surface area (Å²) in [6.45, 7) is 6.31. The highest BCUT2D eigenvalue weighted by Gasteiger charge is 2.17. The first-order valence-electron chi connectivity index (χ1n) is 9.84. The minimum atomic E-state index is -0.859. The normalized spacial score (nSPS) is 12.2. The smallest absolute Gasteiger partial charge is 0.0445 e. The van der Waals surface area contributed by atoms with Crippen molar-refractivity contribution in [2.24, 2.45) is 11.8 Å². The number of carboxylic acid groups (broad SMARTS) is 1. The molecule has 0 aromatic rings. The molecule has 0 aromatic carbocycles. The average Bonchev–Trinajstić information content (AvgIpc) is 2.51. The van der Waals surface area contributed by atoms with E-state index in [4.69, 9.17) is 0 Å². The summed E-state index contributed by atoms with van der Waals surface area (Å²) in [5.74, 6) is -0.824. The highest BCUT2D eigenvalue weighted by atomic mass is 16.4. The highest BCUT2D eigenvalue weighted by Crippen LogP contribution is 2.25. The van der Waals surface area contributed by atoms with Gasteiger partial charge in [-0.15, -0.1) is 0 Å². The summed E-state index contributed by atoms with van der Waals surface area (Å²) in [5, 5.41) is 11.2. The molecule has 0 saturated carbocycles. The molecule has 3 nitrogen and oxygen atoms in total. The van der Waals surface area contributed by atoms with Crippen molar-refractivity contribution in [3.05, 3.63) is 0 Å². The van der Waals surface area contributed by atoms with Gasteiger partial charge in [0, 0.05) is 5.97 Å². The number of rotatable bonds is 16. The average molecular weight is 330 g/mol. The summed E-state index contributed by atoms with van der Waals surface area (Å²) in [6.07, 6.45) is 17.5. The Labute approximate surface area is 145 Å². The van der Waals surface area contributed by atoms with Crippen LogP contribution in [0.1, 0.15) is 111 Å². The van der Waals surface area contributed by atoms with Crippen molar-refractivity contribution in [3.8, 4) is 0 Å². The lowest BCUT2D eigenvalue weighted by Crippen LogP contribution is -2.34. The number of hydrogen-bond donors (Lipinski definition) is 1. The van der Waals surface area contributed by atoms with E-state index in [0.717, 1.165) is 12.8 Å². The second-order valence-electron chi connectivity index (χ2n) is 6.98. The molecule has 0 fully saturated rings. The first-order valence-corrected chi connectivity index (χ1v) is 9.84. The zero-order valence-corrected chi connectivity index (χ0v) is 16.4. The van der Waals surface area contributed by atoms with Crippen molar-refractivity contribution in [2.45, 2.75) is 111 Å². The Morgan fingerprint density at radius 3 is 1.43 bits per heavy atom. The Bertz CT molecular complexity index is 240. The topological polar surface area (TPSA) is 76.6 Å². The second-order valence-corrected chi connectivity index (χ2v) is 6.98. The Morgan fingerprint density at radius 2 is 1.09 bits per heavy atom. The Hall–Kier alpha value is -0.570. The van der Waals surface area contributed by atoms with E-state index in [2.05, 4.69) is 13.8 Å². The van der Waals surface area contributed by atoms with Crippen LogP contribution in [0, 0.1) is 11.8 Å². The van der Waals surface area contributed by atoms with E-state index in [9.17, 15) is 9.90 Å². The van der Waals surface area contributed by atoms with Crippen LogP contribution in [0.15, 0.2) is 0 Å². The van der Waals surface area contributed by atoms with E-state index in [1.165, 1.54) is 77.0 Å². The van der Waals surface area contributed by atoms with Crippen molar-refractivity contribution in [2.75, 3.05) is 0 Å². The van der Waals surface area contributed by atoms with Gasteiger partial charge >= 0.3 is 0 Å². The molecule has 0 aromatic heterocycles. The predicted octanol–water partition coefficient (Wildman–Crippen LogP) is 5.87. The molecular formula is C20H43NO2. The molecule has 1 atom stereocenters. The van der Waals surface area contributed by atoms with Gasteiger partial charge in [-0.3, -0.25) is 0 Å². The summed E-state index contributed by atoms with van der Waals surface area (Å²) in [6, 6.07) is 0. The molecule has 4 N–H and O–H groups in total. The van der Waals surface area contributed by atoms with Crippen LogP contribution in [0.4, 0.5) is 0 Å². The number of carbonyl (C=O) groups excluding carboxylic acids is 1. The van der Waals surface area contributed by atoms with Crippen molar-refractivity contribution >= 4 is 5.97 Å². The van der Waals surface area contributed by atoms with Crippen molar-refractivity contribution in [1.82, 2.24) is 6.15 Å². The number of carboxylic acids is 1. The second kappa shape index (κ2) is 17.8. The maximum absolute atomic E-state index is 11.2. The SMILES string of the molecule is CCCCCCCCC(CCCCCCCC)C(C)C(=O)[O-].[NH4+]. The van der Waals surface area contributed by atoms with Gasteiger partial charge in [-0.25, -0.2) is 0 Å². The summed E-state index contributed by atoms with van der Waals surface area (Å²) in [4.78, 5) is 11.2. The molecule has 0 aliphatic rings. The van der Waals surface area contributed by atoms with Crippen LogP contribution in [0.5, 0.6) is 0 Å². The minimum Gasteiger partial charge on any atom is -0.550 e. The van der Waals surface area contributed by atoms with Crippen molar-refractivity contribution in [1.29, 1.82) is 0 Å². The molecule has 0 saturated heterocycles. The van der Waals surface area contributed by atoms with E-state index >= 15 is 0 Å². The van der Waals surface area contributed by atoms with Gasteiger partial charge in [0.05, 0.1) is 0 Å². The van der Waals surface area contributed by atoms with Crippen LogP contribution in [0.2, 0.25) is 0 Å². The van der Waals surface area contributed by atoms with Crippen LogP contribution in [-0.2, 0) is 4.79 Å². The van der Waals surface area contributed by atoms with E-state index < -0.39 is 5.97 Å². The molecule has 0 heterocycles. The standard InChI is InChI=1S/C20H40O2.H3N/c1-4-6-8-10-12-14-16-19(18(3)20(21)22)17-15-13-11-9-7-5-2;/h18-19H,4-17H2,1-3H3,(H,21,22);1H3. The summed E-state index contributed by atoms with van der Waals surface area (Å²) >= 11 is 0. The monoisotopic (exact) mass is 329 g/mol. The molecule has 0 bridgehead atoms. The van der Waals surface area contributed by atoms with Gasteiger partial charge in [0.15, 0.2) is 0 Å². The fourth-order valence-electron chi connectivity index (χ4n) is 3.21. The minimum absolute atomic E-state index is 0. The van der Waals surface area contributed by atoms with Gasteiger partial charge in [0.25, 0.3) is 0 Å². The van der Waals surface area contributed by atoms with Gasteiger partial charge in [-0.2, -0.15) is 0 Å². The number of aliphatic carboxylic acids is 1. The van der Waals surface area contributed by atoms with E-state index in [0.29, 0.717) is 5.92 Å². The van der Waals surface area contributed by atoms with E-state index in [1.807, 2.05) is 6.92 Å². The third-order valence-corrected chi connectivity index (χ3v) is 4.94. The summed E-state index contributed by atoms with van der Waals surface area (Å²) in [5.41, 5.74) is 0. The molecule has 0 aliphatic carbocycles. The molecule has 0 aliphatic heterocycles. The molecule has 140 valence electrons. The van der Waals surface area contributed by atoms with E-state index in [1.54, 1.807) is 0 Å². The maximum atomic E-state index is 11.2. The molecule has 0 spiro atoms. The fourth-order valence-corrected chi connectivity index (χ4v) is 3.21. The van der Waals surface area contributed by atoms with Crippen LogP contribution < -0.4 is 11.3 Å². The first-order chi connectivity index (χ1) is 10.6. The van der Waals surface area contributed by atoms with Gasteiger partial charge in [0.2, 0.25) is 0 Å². The lowest BCUT2D eigenvalue weighted by molar-refractivity contribution is -0.312. The summed E-state index contributed by atoms with van der Waals surface area (Å²) < 4.78 is 0. The van der Waals surface area contributed by atoms with Gasteiger partial charge in [-0.05, 0) is 24.7 Å². The largest absolute Gasteiger partial charge is 0.550 e. The molecule has 0 radical (unpaired) electrons. The van der Waals surface area contributed by atoms with Crippen LogP contribution >= 0.6 is 0 Å². The predicted molar refractivity (Wildman–Crippen MR) is 99.6 cm³/mol. The van der Waals surface area contributed by atoms with E-state index in [-0.39, 0.29) is 12.1 Å². The molecule has 3 heteroatoms. The van der Waals surface area contributed by atoms with Crippen LogP contribution in [0.3, 0.4) is 0 Å². The van der Waals surface area contributed by atoms with Crippen molar-refractivity contribution in [3.63, 3.8) is 0 Å². The van der Waals surface area contributed by atoms with Crippen LogP contribution in [-0.4, -0.2) is 5.97 Å². The zero-order valence-electron chi connectivity index (χ0n) is 16.4. The third kappa shape index (κ3) is 14.7. The van der Waals surface area contributed by atoms with Gasteiger partial charge < -0.3 is 16.1 Å².